The maximum atomic E-state index is 11.0. The molecule has 0 saturated carbocycles. The maximum absolute atomic E-state index is 11.0. The Hall–Kier alpha value is -10.5. The third-order valence-corrected chi connectivity index (χ3v) is 8.04. The molecule has 0 spiro atoms. The van der Waals surface area contributed by atoms with Crippen molar-refractivity contribution in [3.63, 3.8) is 0 Å². The molecular formula is C43H41N3O26. The Morgan fingerprint density at radius 2 is 0.944 bits per heavy atom. The summed E-state index contributed by atoms with van der Waals surface area (Å²) in [4.78, 5) is 129. The van der Waals surface area contributed by atoms with Crippen LogP contribution in [-0.2, 0) is 9.59 Å². The lowest BCUT2D eigenvalue weighted by Gasteiger charge is -2.08. The van der Waals surface area contributed by atoms with E-state index in [1.807, 2.05) is 0 Å². The highest BCUT2D eigenvalue weighted by Crippen LogP contribution is 2.16. The molecule has 29 heteroatoms. The van der Waals surface area contributed by atoms with Gasteiger partial charge in [-0.05, 0) is 26.8 Å². The number of carboxylic acid groups (broad SMARTS) is 3. The summed E-state index contributed by atoms with van der Waals surface area (Å²) in [6.07, 6.45) is 5.87. The van der Waals surface area contributed by atoms with Crippen LogP contribution in [-0.4, -0.2) is 109 Å². The predicted octanol–water partition coefficient (Wildman–Crippen LogP) is 0.540. The highest BCUT2D eigenvalue weighted by molar-refractivity contribution is 6.10. The van der Waals surface area contributed by atoms with E-state index in [9.17, 15) is 57.5 Å². The third-order valence-electron chi connectivity index (χ3n) is 8.04. The van der Waals surface area contributed by atoms with Crippen molar-refractivity contribution in [3.05, 3.63) is 164 Å². The van der Waals surface area contributed by atoms with Crippen LogP contribution in [0, 0.1) is 20.8 Å². The van der Waals surface area contributed by atoms with Gasteiger partial charge in [0.2, 0.25) is 67.4 Å². The van der Waals surface area contributed by atoms with Crippen LogP contribution in [0.5, 0.6) is 28.7 Å². The summed E-state index contributed by atoms with van der Waals surface area (Å²) in [5.74, 6) is -12.5. The van der Waals surface area contributed by atoms with Crippen LogP contribution in [0.15, 0.2) is 113 Å². The first-order chi connectivity index (χ1) is 33.6. The number of hydrogen-bond donors (Lipinski definition) is 12. The van der Waals surface area contributed by atoms with Gasteiger partial charge in [0.25, 0.3) is 29.2 Å². The van der Waals surface area contributed by atoms with E-state index < -0.39 is 120 Å². The molecule has 0 atom stereocenters. The predicted molar refractivity (Wildman–Crippen MR) is 238 cm³/mol. The molecule has 1 aliphatic rings. The number of carboxylic acids is 3. The molecule has 5 aromatic heterocycles. The molecule has 1 aliphatic carbocycles. The number of carbonyl (C=O) groups is 7. The number of aliphatic hydroxyl groups excluding tert-OH is 1. The van der Waals surface area contributed by atoms with Crippen molar-refractivity contribution in [1.82, 2.24) is 16.0 Å². The summed E-state index contributed by atoms with van der Waals surface area (Å²) in [6.45, 7) is 4.28. The number of aryl methyl sites for hydroxylation is 3. The van der Waals surface area contributed by atoms with Gasteiger partial charge in [-0.15, -0.1) is 0 Å². The van der Waals surface area contributed by atoms with Crippen LogP contribution in [0.3, 0.4) is 0 Å². The van der Waals surface area contributed by atoms with Crippen molar-refractivity contribution < 1.29 is 102 Å². The first kappa shape index (κ1) is 59.5. The summed E-state index contributed by atoms with van der Waals surface area (Å²) in [7, 11) is 4.20. The first-order valence-corrected chi connectivity index (χ1v) is 19.2. The topological polar surface area (TPSA) is 489 Å². The van der Waals surface area contributed by atoms with Crippen molar-refractivity contribution in [2.75, 3.05) is 21.1 Å². The molecule has 72 heavy (non-hydrogen) atoms. The molecule has 12 N–H and O–H groups in total. The smallest absolute Gasteiger partial charge is 0.375 e. The molecule has 0 radical (unpaired) electrons. The zero-order chi connectivity index (χ0) is 55.3. The molecule has 0 aromatic carbocycles. The van der Waals surface area contributed by atoms with Gasteiger partial charge in [0.1, 0.15) is 29.1 Å². The molecule has 29 nitrogen and oxygen atoms in total. The molecule has 0 aliphatic heterocycles. The van der Waals surface area contributed by atoms with Gasteiger partial charge in [-0.1, -0.05) is 6.08 Å². The number of hydrogen-bond acceptors (Lipinski definition) is 23. The molecule has 0 fully saturated rings. The summed E-state index contributed by atoms with van der Waals surface area (Å²) in [6, 6.07) is 4.09. The number of amides is 3. The van der Waals surface area contributed by atoms with Crippen molar-refractivity contribution in [3.8, 4) is 28.7 Å². The summed E-state index contributed by atoms with van der Waals surface area (Å²) in [5.41, 5.74) is -4.11. The average molecular weight is 1020 g/mol. The second kappa shape index (κ2) is 27.4. The molecular weight excluding hydrogens is 974 g/mol. The Balaban J connectivity index is 0.000000432. The Morgan fingerprint density at radius 3 is 1.38 bits per heavy atom. The number of nitrogens with one attached hydrogen (secondary N) is 3. The van der Waals surface area contributed by atoms with E-state index in [4.69, 9.17) is 50.4 Å². The first-order valence-electron chi connectivity index (χ1n) is 19.2. The average Bonchev–Trinajstić information content (AvgIpc) is 3.32. The number of allylic oxidation sites excluding steroid dienone is 2. The molecule has 6 rings (SSSR count). The number of carbonyl (C=O) groups excluding carboxylic acids is 4. The van der Waals surface area contributed by atoms with Crippen molar-refractivity contribution in [2.45, 2.75) is 27.2 Å². The highest BCUT2D eigenvalue weighted by Gasteiger charge is 2.21. The van der Waals surface area contributed by atoms with E-state index in [1.165, 1.54) is 48.0 Å². The number of likely N-dealkylation sites (N-methyl/N-ethyl adjacent to an activating group) is 1. The minimum atomic E-state index is -1.47. The van der Waals surface area contributed by atoms with Crippen molar-refractivity contribution in [1.29, 1.82) is 0 Å². The van der Waals surface area contributed by atoms with Crippen molar-refractivity contribution in [2.24, 2.45) is 0 Å². The van der Waals surface area contributed by atoms with Crippen LogP contribution in [0.4, 0.5) is 0 Å². The van der Waals surface area contributed by atoms with Crippen LogP contribution in [0.2, 0.25) is 0 Å². The van der Waals surface area contributed by atoms with Gasteiger partial charge in [-0.25, -0.2) is 14.4 Å². The monoisotopic (exact) mass is 1020 g/mol. The van der Waals surface area contributed by atoms with Gasteiger partial charge < -0.3 is 84.0 Å². The quantitative estimate of drug-likeness (QED) is 0.110. The van der Waals surface area contributed by atoms with Crippen LogP contribution < -0.4 is 43.1 Å². The minimum Gasteiger partial charge on any atom is -0.504 e. The summed E-state index contributed by atoms with van der Waals surface area (Å²) >= 11 is 0. The normalized spacial score (nSPS) is 10.8. The fourth-order valence-electron chi connectivity index (χ4n) is 4.62. The Bertz CT molecular complexity index is 3240. The van der Waals surface area contributed by atoms with Gasteiger partial charge in [0.15, 0.2) is 11.5 Å². The molecule has 384 valence electrons. The largest absolute Gasteiger partial charge is 0.504 e. The number of ketones is 1. The van der Waals surface area contributed by atoms with Crippen LogP contribution in [0.25, 0.3) is 0 Å². The molecule has 0 unspecified atom stereocenters. The summed E-state index contributed by atoms with van der Waals surface area (Å²) < 4.78 is 23.1. The van der Waals surface area contributed by atoms with E-state index in [-0.39, 0.29) is 34.4 Å². The molecule has 5 heterocycles. The van der Waals surface area contributed by atoms with Gasteiger partial charge in [0.05, 0.1) is 18.1 Å². The van der Waals surface area contributed by atoms with E-state index in [2.05, 4.69) is 33.6 Å². The number of rotatable bonds is 6. The highest BCUT2D eigenvalue weighted by atomic mass is 16.4. The Kier molecular flexibility index (Phi) is 22.6. The lowest BCUT2D eigenvalue weighted by atomic mass is 10.0. The number of aromatic carboxylic acids is 3. The SMILES string of the molecule is CNC(=O)C1=C(O)C(=O)C=CC1.CNC(=O)c1oc(C)cc(=O)c1O.CNC(=O)c1occc(=O)c1O.Cc1cc(=O)c(O)c(C(=O)O)o1.Cc1occ(O)c(=O)c1C(=O)O.O=C(O)c1occc(=O)c1O. The van der Waals surface area contributed by atoms with Gasteiger partial charge >= 0.3 is 17.9 Å². The Labute approximate surface area is 399 Å². The number of aliphatic hydroxyl groups is 1. The van der Waals surface area contributed by atoms with E-state index in [0.29, 0.717) is 6.42 Å². The molecule has 5 aromatic rings. The fourth-order valence-corrected chi connectivity index (χ4v) is 4.62. The van der Waals surface area contributed by atoms with Crippen LogP contribution >= 0.6 is 0 Å². The lowest BCUT2D eigenvalue weighted by molar-refractivity contribution is -0.119. The van der Waals surface area contributed by atoms with E-state index in [0.717, 1.165) is 43.1 Å². The second-order valence-corrected chi connectivity index (χ2v) is 13.1. The van der Waals surface area contributed by atoms with Crippen LogP contribution in [0.1, 0.15) is 76.3 Å². The zero-order valence-corrected chi connectivity index (χ0v) is 37.9. The standard InChI is InChI=1S/C8H9NO4.C8H9NO3.C7H7NO4.2C7H6O5.C6H4O5/c1-4-3-5(10)6(11)7(13-4)8(12)9-2;1-9-8(12)5-3-2-4-6(10)7(5)11;1-8-7(11)6-5(10)4(9)2-3-12-6;1-3-5(7(10)11)6(9)4(8)2-12-3;1-3-2-4(8)5(9)6(12-3)7(10)11;7-3-1-2-11-5(4(3)8)6(9)10/h3,11H,1-2H3,(H,9,12);2,4,11H,3H2,1H3,(H,9,12);2-3,10H,1H3,(H,8,11);2,8H,1H3,(H,10,11);2,9H,1H3,(H,10,11);1-2,8H,(H,9,10). The molecule has 3 amide bonds. The van der Waals surface area contributed by atoms with E-state index in [1.54, 1.807) is 6.08 Å². The van der Waals surface area contributed by atoms with Crippen molar-refractivity contribution >= 4 is 41.4 Å². The van der Waals surface area contributed by atoms with Gasteiger partial charge in [-0.3, -0.25) is 43.2 Å². The third kappa shape index (κ3) is 16.7. The zero-order valence-electron chi connectivity index (χ0n) is 37.9. The second-order valence-electron chi connectivity index (χ2n) is 13.1. The molecule has 0 bridgehead atoms. The molecule has 0 saturated heterocycles. The van der Waals surface area contributed by atoms with E-state index >= 15 is 0 Å². The maximum Gasteiger partial charge on any atom is 0.375 e. The fraction of sp³-hybridized carbons (Fsp3) is 0.163. The van der Waals surface area contributed by atoms with Gasteiger partial charge in [-0.2, -0.15) is 0 Å². The van der Waals surface area contributed by atoms with Gasteiger partial charge in [0, 0.05) is 51.8 Å². The lowest BCUT2D eigenvalue weighted by Crippen LogP contribution is -2.24. The summed E-state index contributed by atoms with van der Waals surface area (Å²) in [5, 5.41) is 85.9. The number of aromatic hydroxyl groups is 5. The minimum absolute atomic E-state index is 0.0229. The Morgan fingerprint density at radius 1 is 0.528 bits per heavy atom.